The van der Waals surface area contributed by atoms with E-state index in [1.807, 2.05) is 24.3 Å². The summed E-state index contributed by atoms with van der Waals surface area (Å²) in [5, 5.41) is 14.7. The van der Waals surface area contributed by atoms with E-state index < -0.39 is 17.6 Å². The van der Waals surface area contributed by atoms with Crippen LogP contribution in [-0.4, -0.2) is 44.3 Å². The first-order valence-electron chi connectivity index (χ1n) is 9.85. The number of carbonyl (C=O) groups excluding carboxylic acids is 2. The second-order valence-electron chi connectivity index (χ2n) is 7.23. The number of aliphatic hydroxyl groups excluding tert-OH is 1. The van der Waals surface area contributed by atoms with Gasteiger partial charge in [-0.25, -0.2) is 9.48 Å². The Balaban J connectivity index is 1.69. The molecule has 2 aromatic carbocycles. The number of hydrogen-bond donors (Lipinski definition) is 2. The molecule has 0 fully saturated rings. The van der Waals surface area contributed by atoms with E-state index in [-0.39, 0.29) is 30.0 Å². The van der Waals surface area contributed by atoms with Crippen LogP contribution in [-0.2, 0) is 11.3 Å². The van der Waals surface area contributed by atoms with Crippen LogP contribution in [0.4, 0.5) is 0 Å². The van der Waals surface area contributed by atoms with Crippen LogP contribution >= 0.6 is 0 Å². The number of ketones is 1. The van der Waals surface area contributed by atoms with Gasteiger partial charge in [-0.05, 0) is 26.0 Å². The Bertz CT molecular complexity index is 1370. The molecule has 1 atom stereocenters. The number of nitrogens with one attached hydrogen (secondary N) is 1. The molecule has 8 heteroatoms. The van der Waals surface area contributed by atoms with Gasteiger partial charge in [-0.1, -0.05) is 36.4 Å². The molecule has 8 nitrogen and oxygen atoms in total. The lowest BCUT2D eigenvalue weighted by Gasteiger charge is -2.14. The van der Waals surface area contributed by atoms with Crippen molar-refractivity contribution < 1.29 is 19.4 Å². The molecule has 0 radical (unpaired) electrons. The third-order valence-electron chi connectivity index (χ3n) is 5.17. The smallest absolute Gasteiger partial charge is 0.360 e. The average Bonchev–Trinajstić information content (AvgIpc) is 3.10. The molecule has 158 valence electrons. The summed E-state index contributed by atoms with van der Waals surface area (Å²) >= 11 is 0. The van der Waals surface area contributed by atoms with Gasteiger partial charge in [-0.15, -0.1) is 0 Å². The van der Waals surface area contributed by atoms with Gasteiger partial charge in [0.25, 0.3) is 5.56 Å². The maximum Gasteiger partial charge on any atom is 0.360 e. The zero-order chi connectivity index (χ0) is 22.1. The fraction of sp³-hybridized carbons (Fsp3) is 0.217. The summed E-state index contributed by atoms with van der Waals surface area (Å²) in [4.78, 5) is 41.7. The molecule has 2 N–H and O–H groups in total. The Kier molecular flexibility index (Phi) is 5.39. The second-order valence-corrected chi connectivity index (χ2v) is 7.23. The van der Waals surface area contributed by atoms with E-state index in [1.54, 1.807) is 31.2 Å². The fourth-order valence-electron chi connectivity index (χ4n) is 3.70. The van der Waals surface area contributed by atoms with Crippen molar-refractivity contribution in [3.05, 3.63) is 75.8 Å². The normalized spacial score (nSPS) is 12.2. The van der Waals surface area contributed by atoms with Crippen molar-refractivity contribution in [2.45, 2.75) is 26.5 Å². The minimum atomic E-state index is -1.07. The zero-order valence-corrected chi connectivity index (χ0v) is 17.1. The van der Waals surface area contributed by atoms with E-state index in [1.165, 1.54) is 6.92 Å². The first-order chi connectivity index (χ1) is 14.9. The molecule has 4 aromatic rings. The lowest BCUT2D eigenvalue weighted by molar-refractivity contribution is 0.0313. The van der Waals surface area contributed by atoms with Crippen molar-refractivity contribution in [2.24, 2.45) is 0 Å². The van der Waals surface area contributed by atoms with Crippen molar-refractivity contribution in [1.29, 1.82) is 0 Å². The highest BCUT2D eigenvalue weighted by atomic mass is 16.5. The number of Topliss-reactive ketones (excluding diaryl/α,β-unsaturated/α-hetero) is 1. The number of esters is 1. The van der Waals surface area contributed by atoms with Crippen LogP contribution in [0.3, 0.4) is 0 Å². The molecule has 31 heavy (non-hydrogen) atoms. The van der Waals surface area contributed by atoms with E-state index in [4.69, 9.17) is 4.74 Å². The fourth-order valence-corrected chi connectivity index (χ4v) is 3.70. The average molecular weight is 419 g/mol. The number of aryl methyl sites for hydroxylation is 1. The molecule has 4 rings (SSSR count). The first kappa shape index (κ1) is 20.5. The van der Waals surface area contributed by atoms with Crippen LogP contribution in [0.1, 0.15) is 33.5 Å². The van der Waals surface area contributed by atoms with Gasteiger partial charge in [0.05, 0.1) is 18.5 Å². The van der Waals surface area contributed by atoms with Crippen LogP contribution in [0.25, 0.3) is 21.7 Å². The number of fused-ring (bicyclic) bond motifs is 2. The summed E-state index contributed by atoms with van der Waals surface area (Å²) in [5.74, 6) is -1.16. The Labute approximate surface area is 177 Å². The molecular formula is C23H21N3O5. The van der Waals surface area contributed by atoms with Crippen LogP contribution in [0.2, 0.25) is 0 Å². The van der Waals surface area contributed by atoms with Crippen molar-refractivity contribution in [3.8, 4) is 0 Å². The molecule has 2 heterocycles. The summed E-state index contributed by atoms with van der Waals surface area (Å²) < 4.78 is 6.49. The van der Waals surface area contributed by atoms with Crippen LogP contribution in [0.5, 0.6) is 0 Å². The number of carbonyl (C=O) groups is 2. The van der Waals surface area contributed by atoms with E-state index in [0.29, 0.717) is 16.6 Å². The molecule has 0 saturated carbocycles. The van der Waals surface area contributed by atoms with E-state index >= 15 is 0 Å². The molecule has 0 aliphatic rings. The first-order valence-corrected chi connectivity index (χ1v) is 9.85. The Morgan fingerprint density at radius 1 is 1.10 bits per heavy atom. The number of benzene rings is 2. The topological polar surface area (TPSA) is 114 Å². The van der Waals surface area contributed by atoms with Crippen LogP contribution < -0.4 is 5.56 Å². The number of hydrogen-bond acceptors (Lipinski definition) is 6. The largest absolute Gasteiger partial charge is 0.449 e. The number of nitrogens with zero attached hydrogens (tertiary/aromatic N) is 2. The third-order valence-corrected chi connectivity index (χ3v) is 5.17. The highest BCUT2D eigenvalue weighted by molar-refractivity contribution is 6.12. The Morgan fingerprint density at radius 3 is 2.45 bits per heavy atom. The van der Waals surface area contributed by atoms with Gasteiger partial charge < -0.3 is 14.8 Å². The molecule has 0 aliphatic heterocycles. The predicted octanol–water partition coefficient (Wildman–Crippen LogP) is 2.61. The maximum absolute atomic E-state index is 13.1. The van der Waals surface area contributed by atoms with Gasteiger partial charge in [0, 0.05) is 27.5 Å². The summed E-state index contributed by atoms with van der Waals surface area (Å²) in [6.45, 7) is 2.93. The van der Waals surface area contributed by atoms with Gasteiger partial charge in [-0.2, -0.15) is 5.10 Å². The number of aromatic nitrogens is 3. The monoisotopic (exact) mass is 419 g/mol. The molecule has 0 saturated heterocycles. The lowest BCUT2D eigenvalue weighted by atomic mass is 10.0. The minimum Gasteiger partial charge on any atom is -0.449 e. The van der Waals surface area contributed by atoms with E-state index in [0.717, 1.165) is 15.6 Å². The summed E-state index contributed by atoms with van der Waals surface area (Å²) in [6.07, 6.45) is -1.07. The van der Waals surface area contributed by atoms with E-state index in [2.05, 4.69) is 10.1 Å². The molecule has 0 unspecified atom stereocenters. The number of aliphatic hydroxyl groups is 1. The van der Waals surface area contributed by atoms with Gasteiger partial charge >= 0.3 is 5.97 Å². The SMILES string of the molecule is Cc1[nH]c2ccccc2c1C(=O)[C@@H](C)OC(=O)c1nn(CCO)c(=O)c2ccccc12. The third kappa shape index (κ3) is 3.62. The van der Waals surface area contributed by atoms with Crippen molar-refractivity contribution in [1.82, 2.24) is 14.8 Å². The highest BCUT2D eigenvalue weighted by Gasteiger charge is 2.27. The molecule has 0 amide bonds. The predicted molar refractivity (Wildman–Crippen MR) is 115 cm³/mol. The molecule has 2 aromatic heterocycles. The second kappa shape index (κ2) is 8.16. The summed E-state index contributed by atoms with van der Waals surface area (Å²) in [5.41, 5.74) is 1.48. The number of rotatable bonds is 6. The van der Waals surface area contributed by atoms with Gasteiger partial charge in [0.15, 0.2) is 11.8 Å². The highest BCUT2D eigenvalue weighted by Crippen LogP contribution is 2.24. The molecule has 0 spiro atoms. The molecular weight excluding hydrogens is 398 g/mol. The minimum absolute atomic E-state index is 0.0625. The molecule has 0 aliphatic carbocycles. The van der Waals surface area contributed by atoms with Gasteiger partial charge in [-0.3, -0.25) is 9.59 Å². The van der Waals surface area contributed by atoms with E-state index in [9.17, 15) is 19.5 Å². The molecule has 0 bridgehead atoms. The number of aromatic amines is 1. The summed E-state index contributed by atoms with van der Waals surface area (Å²) in [7, 11) is 0. The Hall–Kier alpha value is -3.78. The van der Waals surface area contributed by atoms with Crippen LogP contribution in [0, 0.1) is 6.92 Å². The number of para-hydroxylation sites is 1. The van der Waals surface area contributed by atoms with Gasteiger partial charge in [0.1, 0.15) is 0 Å². The quantitative estimate of drug-likeness (QED) is 0.367. The van der Waals surface area contributed by atoms with Crippen molar-refractivity contribution in [2.75, 3.05) is 6.61 Å². The van der Waals surface area contributed by atoms with Gasteiger partial charge in [0.2, 0.25) is 5.78 Å². The summed E-state index contributed by atoms with van der Waals surface area (Å²) in [6, 6.07) is 13.9. The van der Waals surface area contributed by atoms with Crippen molar-refractivity contribution >= 4 is 33.4 Å². The number of H-pyrrole nitrogens is 1. The lowest BCUT2D eigenvalue weighted by Crippen LogP contribution is -2.30. The van der Waals surface area contributed by atoms with Crippen LogP contribution in [0.15, 0.2) is 53.3 Å². The van der Waals surface area contributed by atoms with Crippen molar-refractivity contribution in [3.63, 3.8) is 0 Å². The maximum atomic E-state index is 13.1. The number of ether oxygens (including phenoxy) is 1. The standard InChI is InChI=1S/C23H21N3O5/c1-13-19(17-9-5-6-10-18(17)24-13)21(28)14(2)31-23(30)20-15-7-3-4-8-16(15)22(29)26(25-20)11-12-27/h3-10,14,24,27H,11-12H2,1-2H3/t14-/m1/s1. The zero-order valence-electron chi connectivity index (χ0n) is 17.1. The Morgan fingerprint density at radius 2 is 1.74 bits per heavy atom.